The third-order valence-electron chi connectivity index (χ3n) is 14.6. The zero-order chi connectivity index (χ0) is 57.8. The Hall–Kier alpha value is -6.92. The molecule has 0 N–H and O–H groups in total. The van der Waals surface area contributed by atoms with Crippen molar-refractivity contribution >= 4 is 61.6 Å². The van der Waals surface area contributed by atoms with Gasteiger partial charge in [0.2, 0.25) is 15.4 Å². The normalized spacial score (nSPS) is 15.2. The molecule has 0 spiro atoms. The summed E-state index contributed by atoms with van der Waals surface area (Å²) in [7, 11) is 0. The number of halogens is 8. The monoisotopic (exact) mass is 1210 g/mol. The molecule has 9 aromatic rings. The molecular weight excluding hydrogens is 1150 g/mol. The second kappa shape index (κ2) is 28.1. The molecule has 83 heavy (non-hydrogen) atoms. The van der Waals surface area contributed by atoms with Crippen LogP contribution in [-0.2, 0) is 19.4 Å². The Morgan fingerprint density at radius 3 is 1.14 bits per heavy atom. The summed E-state index contributed by atoms with van der Waals surface area (Å²) < 4.78 is 105. The molecule has 0 unspecified atom stereocenters. The van der Waals surface area contributed by atoms with E-state index in [-0.39, 0.29) is 5.82 Å². The molecule has 3 aromatic heterocycles. The lowest BCUT2D eigenvalue weighted by Gasteiger charge is -2.34. The highest BCUT2D eigenvalue weighted by Gasteiger charge is 2.24. The smallest absolute Gasteiger partial charge is 0.205 e. The van der Waals surface area contributed by atoms with E-state index in [1.165, 1.54) is 81.6 Å². The topological polar surface area (TPSA) is 96.8 Å². The van der Waals surface area contributed by atoms with Gasteiger partial charge in [0.05, 0.1) is 0 Å². The van der Waals surface area contributed by atoms with Gasteiger partial charge >= 0.3 is 0 Å². The average molecular weight is 1210 g/mol. The largest absolute Gasteiger partial charge is 0.344 e. The van der Waals surface area contributed by atoms with E-state index in [0.717, 1.165) is 173 Å². The van der Waals surface area contributed by atoms with Crippen LogP contribution in [0.15, 0.2) is 127 Å². The molecule has 0 amide bonds. The predicted molar refractivity (Wildman–Crippen MR) is 317 cm³/mol. The maximum atomic E-state index is 13.4. The van der Waals surface area contributed by atoms with Gasteiger partial charge in [-0.2, -0.15) is 28.1 Å². The fraction of sp³-hybridized carbons (Fsp3) is 0.300. The summed E-state index contributed by atoms with van der Waals surface area (Å²) in [6.07, 6.45) is 1.88. The number of benzene rings is 6. The van der Waals surface area contributed by atoms with Crippen LogP contribution in [-0.4, -0.2) is 134 Å². The SMILES string of the molecule is Cc1ccccc1CN1CCN(c2nc(-c3ccc(F)c(F)c3)ns2)CC1.Fc1ccc(-c2nsc(N3CCN(CCc4ccc(Cl)cc4)CC3)n2)cc1F.Fc1ccc(CCN2CCN(c3nc(-c4ccc(F)c(F)c4)ns3)CC2)cc1. The molecule has 3 saturated heterocycles. The number of rotatable bonds is 14. The van der Waals surface area contributed by atoms with Crippen LogP contribution in [0.1, 0.15) is 22.3 Å². The highest BCUT2D eigenvalue weighted by atomic mass is 35.5. The maximum absolute atomic E-state index is 13.4. The van der Waals surface area contributed by atoms with E-state index < -0.39 is 34.9 Å². The first-order valence-electron chi connectivity index (χ1n) is 27.1. The Morgan fingerprint density at radius 1 is 0.410 bits per heavy atom. The minimum atomic E-state index is -0.899. The van der Waals surface area contributed by atoms with Crippen molar-refractivity contribution in [3.05, 3.63) is 195 Å². The van der Waals surface area contributed by atoms with Gasteiger partial charge in [-0.05, 0) is 121 Å². The Bertz CT molecular complexity index is 3390. The van der Waals surface area contributed by atoms with Crippen LogP contribution in [0.25, 0.3) is 34.2 Å². The third kappa shape index (κ3) is 16.0. The first kappa shape index (κ1) is 59.2. The van der Waals surface area contributed by atoms with Gasteiger partial charge in [0.15, 0.2) is 52.4 Å². The van der Waals surface area contributed by atoms with Gasteiger partial charge in [0.25, 0.3) is 0 Å². The molecule has 3 aliphatic heterocycles. The van der Waals surface area contributed by atoms with Crippen molar-refractivity contribution in [2.75, 3.05) is 106 Å². The van der Waals surface area contributed by atoms with Gasteiger partial charge in [-0.1, -0.05) is 60.1 Å². The van der Waals surface area contributed by atoms with Crippen LogP contribution in [0.4, 0.5) is 46.1 Å². The van der Waals surface area contributed by atoms with E-state index in [4.69, 9.17) is 11.6 Å². The van der Waals surface area contributed by atoms with Crippen molar-refractivity contribution in [2.45, 2.75) is 26.3 Å². The minimum Gasteiger partial charge on any atom is -0.344 e. The summed E-state index contributed by atoms with van der Waals surface area (Å²) in [5.74, 6) is -4.19. The Balaban J connectivity index is 0.000000139. The first-order chi connectivity index (χ1) is 40.3. The van der Waals surface area contributed by atoms with E-state index in [0.29, 0.717) is 34.2 Å². The van der Waals surface area contributed by atoms with Gasteiger partial charge in [-0.3, -0.25) is 14.7 Å². The average Bonchev–Trinajstić information content (AvgIpc) is 4.44. The van der Waals surface area contributed by atoms with Crippen molar-refractivity contribution < 1.29 is 30.7 Å². The van der Waals surface area contributed by atoms with Crippen LogP contribution in [0.5, 0.6) is 0 Å². The summed E-state index contributed by atoms with van der Waals surface area (Å²) in [5, 5.41) is 3.19. The predicted octanol–water partition coefficient (Wildman–Crippen LogP) is 12.6. The lowest BCUT2D eigenvalue weighted by atomic mass is 10.1. The molecular formula is C60H58ClF7N12S3. The number of piperazine rings is 3. The summed E-state index contributed by atoms with van der Waals surface area (Å²) in [4.78, 5) is 27.3. The van der Waals surface area contributed by atoms with E-state index in [9.17, 15) is 30.7 Å². The molecule has 12 nitrogen and oxygen atoms in total. The molecule has 6 heterocycles. The minimum absolute atomic E-state index is 0.211. The molecule has 0 atom stereocenters. The highest BCUT2D eigenvalue weighted by molar-refractivity contribution is 7.10. The number of hydrogen-bond donors (Lipinski definition) is 0. The Labute approximate surface area is 494 Å². The van der Waals surface area contributed by atoms with Crippen LogP contribution >= 0.6 is 46.2 Å². The summed E-state index contributed by atoms with van der Waals surface area (Å²) in [5.41, 5.74) is 6.55. The molecule has 3 fully saturated rings. The van der Waals surface area contributed by atoms with Crippen LogP contribution in [0, 0.1) is 47.6 Å². The number of nitrogens with zero attached hydrogens (tertiary/aromatic N) is 12. The van der Waals surface area contributed by atoms with Crippen molar-refractivity contribution in [3.63, 3.8) is 0 Å². The molecule has 0 aliphatic carbocycles. The van der Waals surface area contributed by atoms with Crippen LogP contribution < -0.4 is 14.7 Å². The molecule has 0 bridgehead atoms. The van der Waals surface area contributed by atoms with Gasteiger partial charge in [0.1, 0.15) is 5.82 Å². The van der Waals surface area contributed by atoms with Crippen LogP contribution in [0.3, 0.4) is 0 Å². The molecule has 23 heteroatoms. The second-order valence-corrected chi connectivity index (χ2v) is 22.8. The molecule has 12 rings (SSSR count). The highest BCUT2D eigenvalue weighted by Crippen LogP contribution is 2.30. The molecule has 0 radical (unpaired) electrons. The molecule has 6 aromatic carbocycles. The van der Waals surface area contributed by atoms with Crippen molar-refractivity contribution in [1.82, 2.24) is 42.8 Å². The molecule has 432 valence electrons. The van der Waals surface area contributed by atoms with Gasteiger partial charge < -0.3 is 14.7 Å². The first-order valence-corrected chi connectivity index (χ1v) is 29.8. The standard InChI is InChI=1S/C20H19ClF2N4S.C20H19F3N4S.C20H20F2N4S/c2*21-16-4-1-14(2-5-16)7-8-26-9-11-27(12-10-26)20-24-19(25-28-20)15-3-6-17(22)18(23)13-15;1-14-4-2-3-5-16(14)13-25-8-10-26(11-9-25)20-23-19(24-27-20)15-6-7-17(21)18(22)12-15/h2*1-6,13H,7-12H2;2-7,12H,8-11,13H2,1H3. The summed E-state index contributed by atoms with van der Waals surface area (Å²) in [6.45, 7) is 15.8. The number of aromatic nitrogens is 6. The zero-order valence-corrected chi connectivity index (χ0v) is 48.5. The summed E-state index contributed by atoms with van der Waals surface area (Å²) >= 11 is 9.79. The van der Waals surface area contributed by atoms with E-state index in [1.54, 1.807) is 0 Å². The fourth-order valence-corrected chi connectivity index (χ4v) is 12.0. The lowest BCUT2D eigenvalue weighted by molar-refractivity contribution is 0.249. The number of hydrogen-bond acceptors (Lipinski definition) is 15. The second-order valence-electron chi connectivity index (χ2n) is 20.2. The number of aryl methyl sites for hydroxylation is 1. The van der Waals surface area contributed by atoms with Crippen molar-refractivity contribution in [1.29, 1.82) is 0 Å². The van der Waals surface area contributed by atoms with Gasteiger partial charge in [-0.25, -0.2) is 30.7 Å². The van der Waals surface area contributed by atoms with E-state index in [2.05, 4.69) is 101 Å². The maximum Gasteiger partial charge on any atom is 0.205 e. The zero-order valence-electron chi connectivity index (χ0n) is 45.3. The molecule has 0 saturated carbocycles. The van der Waals surface area contributed by atoms with Crippen molar-refractivity contribution in [2.24, 2.45) is 0 Å². The Kier molecular flexibility index (Phi) is 20.1. The third-order valence-corrected chi connectivity index (χ3v) is 17.2. The quantitative estimate of drug-likeness (QED) is 0.0970. The van der Waals surface area contributed by atoms with Gasteiger partial charge in [0, 0.05) is 154 Å². The number of anilines is 3. The van der Waals surface area contributed by atoms with Gasteiger partial charge in [-0.15, -0.1) is 0 Å². The van der Waals surface area contributed by atoms with Crippen molar-refractivity contribution in [3.8, 4) is 34.2 Å². The van der Waals surface area contributed by atoms with E-state index >= 15 is 0 Å². The fourth-order valence-electron chi connectivity index (χ4n) is 9.62. The lowest BCUT2D eigenvalue weighted by Crippen LogP contribution is -2.47. The van der Waals surface area contributed by atoms with E-state index in [1.807, 2.05) is 24.3 Å². The Morgan fingerprint density at radius 2 is 0.771 bits per heavy atom. The summed E-state index contributed by atoms with van der Waals surface area (Å²) in [6, 6.07) is 34.3. The molecule has 3 aliphatic rings. The van der Waals surface area contributed by atoms with Crippen LogP contribution in [0.2, 0.25) is 5.02 Å².